The summed E-state index contributed by atoms with van der Waals surface area (Å²) in [6.45, 7) is 5.18. The van der Waals surface area contributed by atoms with Crippen molar-refractivity contribution in [1.82, 2.24) is 9.88 Å². The lowest BCUT2D eigenvalue weighted by Gasteiger charge is -2.39. The highest BCUT2D eigenvalue weighted by molar-refractivity contribution is 5.98. The van der Waals surface area contributed by atoms with Crippen LogP contribution in [0.4, 0.5) is 24.7 Å². The lowest BCUT2D eigenvalue weighted by Crippen LogP contribution is -2.54. The van der Waals surface area contributed by atoms with Gasteiger partial charge >= 0.3 is 6.18 Å². The predicted molar refractivity (Wildman–Crippen MR) is 105 cm³/mol. The summed E-state index contributed by atoms with van der Waals surface area (Å²) in [7, 11) is 0. The number of aromatic nitrogens is 1. The summed E-state index contributed by atoms with van der Waals surface area (Å²) < 4.78 is 38.1. The molecular formula is C21H23F3N4O. The number of hydrogen-bond donors (Lipinski definition) is 0. The summed E-state index contributed by atoms with van der Waals surface area (Å²) in [6.07, 6.45) is -2.63. The standard InChI is InChI=1S/C21H23F3N4O/c1-15(20(29)28-9-8-16-4-2-3-5-18(16)28)26-10-12-27(13-11-26)19-7-6-17(14-25-19)21(22,23)24/h2-7,14-15H,8-13H2,1H3/t15-/m0/s1. The third-order valence-electron chi connectivity index (χ3n) is 5.77. The molecule has 154 valence electrons. The quantitative estimate of drug-likeness (QED) is 0.788. The van der Waals surface area contributed by atoms with Gasteiger partial charge in [0.15, 0.2) is 0 Å². The van der Waals surface area contributed by atoms with Crippen molar-refractivity contribution >= 4 is 17.4 Å². The molecule has 1 fully saturated rings. The van der Waals surface area contributed by atoms with E-state index in [4.69, 9.17) is 0 Å². The van der Waals surface area contributed by atoms with E-state index in [9.17, 15) is 18.0 Å². The second kappa shape index (κ2) is 7.67. The number of fused-ring (bicyclic) bond motifs is 1. The molecule has 0 N–H and O–H groups in total. The molecule has 29 heavy (non-hydrogen) atoms. The summed E-state index contributed by atoms with van der Waals surface area (Å²) >= 11 is 0. The van der Waals surface area contributed by atoms with Gasteiger partial charge in [0, 0.05) is 44.6 Å². The zero-order chi connectivity index (χ0) is 20.6. The van der Waals surface area contributed by atoms with Gasteiger partial charge < -0.3 is 9.80 Å². The molecule has 1 saturated heterocycles. The molecule has 3 heterocycles. The van der Waals surface area contributed by atoms with E-state index in [2.05, 4.69) is 16.0 Å². The fourth-order valence-electron chi connectivity index (χ4n) is 4.03. The third-order valence-corrected chi connectivity index (χ3v) is 5.77. The molecule has 0 saturated carbocycles. The van der Waals surface area contributed by atoms with Gasteiger partial charge in [-0.25, -0.2) is 4.98 Å². The van der Waals surface area contributed by atoms with Crippen LogP contribution < -0.4 is 9.80 Å². The number of nitrogens with zero attached hydrogens (tertiary/aromatic N) is 4. The van der Waals surface area contributed by atoms with Gasteiger partial charge in [-0.05, 0) is 37.1 Å². The first kappa shape index (κ1) is 19.7. The molecule has 1 atom stereocenters. The number of carbonyl (C=O) groups excluding carboxylic acids is 1. The molecule has 1 amide bonds. The molecule has 2 aliphatic rings. The summed E-state index contributed by atoms with van der Waals surface area (Å²) in [5.74, 6) is 0.626. The van der Waals surface area contributed by atoms with Crippen LogP contribution in [-0.4, -0.2) is 54.6 Å². The highest BCUT2D eigenvalue weighted by Gasteiger charge is 2.33. The van der Waals surface area contributed by atoms with Gasteiger partial charge in [0.2, 0.25) is 5.91 Å². The summed E-state index contributed by atoms with van der Waals surface area (Å²) in [4.78, 5) is 23.0. The molecular weight excluding hydrogens is 381 g/mol. The minimum absolute atomic E-state index is 0.0936. The van der Waals surface area contributed by atoms with Crippen molar-refractivity contribution in [3.05, 3.63) is 53.7 Å². The zero-order valence-corrected chi connectivity index (χ0v) is 16.2. The molecule has 8 heteroatoms. The minimum Gasteiger partial charge on any atom is -0.354 e. The Morgan fingerprint density at radius 2 is 1.76 bits per heavy atom. The topological polar surface area (TPSA) is 39.7 Å². The Morgan fingerprint density at radius 3 is 2.41 bits per heavy atom. The number of anilines is 2. The summed E-state index contributed by atoms with van der Waals surface area (Å²) in [6, 6.07) is 10.2. The SMILES string of the molecule is C[C@@H](C(=O)N1CCc2ccccc21)N1CCN(c2ccc(C(F)(F)F)cn2)CC1. The Kier molecular flexibility index (Phi) is 5.21. The first-order chi connectivity index (χ1) is 13.8. The molecule has 0 aliphatic carbocycles. The Hall–Kier alpha value is -2.61. The maximum Gasteiger partial charge on any atom is 0.417 e. The number of halogens is 3. The number of piperazine rings is 1. The predicted octanol–water partition coefficient (Wildman–Crippen LogP) is 3.20. The highest BCUT2D eigenvalue weighted by Crippen LogP contribution is 2.30. The number of carbonyl (C=O) groups is 1. The van der Waals surface area contributed by atoms with Crippen molar-refractivity contribution in [3.63, 3.8) is 0 Å². The first-order valence-electron chi connectivity index (χ1n) is 9.76. The number of para-hydroxylation sites is 1. The van der Waals surface area contributed by atoms with Gasteiger partial charge in [-0.15, -0.1) is 0 Å². The average Bonchev–Trinajstić information content (AvgIpc) is 3.16. The number of amides is 1. The average molecular weight is 404 g/mol. The number of alkyl halides is 3. The van der Waals surface area contributed by atoms with Crippen LogP contribution in [0.2, 0.25) is 0 Å². The molecule has 1 aromatic heterocycles. The second-order valence-corrected chi connectivity index (χ2v) is 7.47. The normalized spacial score (nSPS) is 18.6. The minimum atomic E-state index is -4.38. The van der Waals surface area contributed by atoms with E-state index in [1.165, 1.54) is 11.6 Å². The van der Waals surface area contributed by atoms with Gasteiger partial charge in [0.1, 0.15) is 5.82 Å². The first-order valence-corrected chi connectivity index (χ1v) is 9.76. The molecule has 5 nitrogen and oxygen atoms in total. The van der Waals surface area contributed by atoms with Crippen LogP contribution in [0, 0.1) is 0 Å². The van der Waals surface area contributed by atoms with E-state index in [0.29, 0.717) is 38.5 Å². The molecule has 0 bridgehead atoms. The third kappa shape index (κ3) is 3.94. The fraction of sp³-hybridized carbons (Fsp3) is 0.429. The van der Waals surface area contributed by atoms with Gasteiger partial charge in [0.05, 0.1) is 11.6 Å². The van der Waals surface area contributed by atoms with E-state index >= 15 is 0 Å². The van der Waals surface area contributed by atoms with Gasteiger partial charge in [-0.1, -0.05) is 18.2 Å². The van der Waals surface area contributed by atoms with E-state index in [-0.39, 0.29) is 11.9 Å². The van der Waals surface area contributed by atoms with Crippen molar-refractivity contribution in [1.29, 1.82) is 0 Å². The largest absolute Gasteiger partial charge is 0.417 e. The van der Waals surface area contributed by atoms with Crippen molar-refractivity contribution in [2.45, 2.75) is 25.6 Å². The molecule has 2 aliphatic heterocycles. The number of pyridine rings is 1. The van der Waals surface area contributed by atoms with Crippen LogP contribution in [0.3, 0.4) is 0 Å². The van der Waals surface area contributed by atoms with Crippen LogP contribution in [-0.2, 0) is 17.4 Å². The Balaban J connectivity index is 1.36. The molecule has 0 spiro atoms. The van der Waals surface area contributed by atoms with Crippen LogP contribution >= 0.6 is 0 Å². The van der Waals surface area contributed by atoms with Gasteiger partial charge in [0.25, 0.3) is 0 Å². The Morgan fingerprint density at radius 1 is 1.03 bits per heavy atom. The number of benzene rings is 1. The monoisotopic (exact) mass is 404 g/mol. The molecule has 1 aromatic carbocycles. The maximum absolute atomic E-state index is 13.0. The summed E-state index contributed by atoms with van der Waals surface area (Å²) in [5.41, 5.74) is 1.45. The lowest BCUT2D eigenvalue weighted by molar-refractivity contribution is -0.137. The highest BCUT2D eigenvalue weighted by atomic mass is 19.4. The van der Waals surface area contributed by atoms with Crippen LogP contribution in [0.1, 0.15) is 18.1 Å². The molecule has 2 aromatic rings. The zero-order valence-electron chi connectivity index (χ0n) is 16.2. The van der Waals surface area contributed by atoms with Crippen molar-refractivity contribution < 1.29 is 18.0 Å². The van der Waals surface area contributed by atoms with Crippen LogP contribution in [0.5, 0.6) is 0 Å². The van der Waals surface area contributed by atoms with E-state index in [0.717, 1.165) is 24.4 Å². The fourth-order valence-corrected chi connectivity index (χ4v) is 4.03. The second-order valence-electron chi connectivity index (χ2n) is 7.47. The van der Waals surface area contributed by atoms with Gasteiger partial charge in [-0.3, -0.25) is 9.69 Å². The summed E-state index contributed by atoms with van der Waals surface area (Å²) in [5, 5.41) is 0. The molecule has 0 radical (unpaired) electrons. The molecule has 0 unspecified atom stereocenters. The van der Waals surface area contributed by atoms with Crippen molar-refractivity contribution in [3.8, 4) is 0 Å². The smallest absolute Gasteiger partial charge is 0.354 e. The maximum atomic E-state index is 13.0. The Bertz CT molecular complexity index is 876. The van der Waals surface area contributed by atoms with Crippen molar-refractivity contribution in [2.75, 3.05) is 42.5 Å². The Labute approximate surface area is 167 Å². The lowest BCUT2D eigenvalue weighted by atomic mass is 10.1. The number of hydrogen-bond acceptors (Lipinski definition) is 4. The van der Waals surface area contributed by atoms with Crippen molar-refractivity contribution in [2.24, 2.45) is 0 Å². The van der Waals surface area contributed by atoms with E-state index in [1.54, 1.807) is 0 Å². The van der Waals surface area contributed by atoms with Crippen LogP contribution in [0.15, 0.2) is 42.6 Å². The number of rotatable bonds is 3. The van der Waals surface area contributed by atoms with E-state index < -0.39 is 11.7 Å². The molecule has 4 rings (SSSR count). The van der Waals surface area contributed by atoms with Crippen LogP contribution in [0.25, 0.3) is 0 Å². The van der Waals surface area contributed by atoms with E-state index in [1.807, 2.05) is 34.9 Å². The van der Waals surface area contributed by atoms with Gasteiger partial charge in [-0.2, -0.15) is 13.2 Å².